The molecule has 5 rings (SSSR count). The summed E-state index contributed by atoms with van der Waals surface area (Å²) >= 11 is 0. The van der Waals surface area contributed by atoms with E-state index < -0.39 is 0 Å². The van der Waals surface area contributed by atoms with Gasteiger partial charge in [-0.15, -0.1) is 0 Å². The summed E-state index contributed by atoms with van der Waals surface area (Å²) in [6.07, 6.45) is 7.76. The molecule has 1 unspecified atom stereocenters. The Balaban J connectivity index is 1.37. The van der Waals surface area contributed by atoms with Crippen molar-refractivity contribution >= 4 is 22.5 Å². The van der Waals surface area contributed by atoms with Crippen LogP contribution in [0, 0.1) is 0 Å². The van der Waals surface area contributed by atoms with Crippen molar-refractivity contribution in [2.45, 2.75) is 32.2 Å². The number of aromatic amines is 1. The van der Waals surface area contributed by atoms with Crippen LogP contribution in [0.2, 0.25) is 0 Å². The van der Waals surface area contributed by atoms with Gasteiger partial charge in [0, 0.05) is 61.3 Å². The lowest BCUT2D eigenvalue weighted by molar-refractivity contribution is -0.114. The van der Waals surface area contributed by atoms with Gasteiger partial charge >= 0.3 is 0 Å². The first kappa shape index (κ1) is 20.4. The molecule has 6 nitrogen and oxygen atoms in total. The predicted molar refractivity (Wildman–Crippen MR) is 127 cm³/mol. The molecule has 6 heteroatoms. The molecule has 0 spiro atoms. The number of rotatable bonds is 5. The van der Waals surface area contributed by atoms with Crippen LogP contribution in [0.3, 0.4) is 0 Å². The minimum Gasteiger partial charge on any atom is -0.361 e. The lowest BCUT2D eigenvalue weighted by atomic mass is 9.91. The van der Waals surface area contributed by atoms with Crippen molar-refractivity contribution in [1.82, 2.24) is 19.9 Å². The lowest BCUT2D eigenvalue weighted by Crippen LogP contribution is -2.34. The number of likely N-dealkylation sites (tertiary alicyclic amines) is 1. The van der Waals surface area contributed by atoms with Gasteiger partial charge in [-0.3, -0.25) is 19.7 Å². The quantitative estimate of drug-likeness (QED) is 0.474. The molecule has 2 aromatic carbocycles. The van der Waals surface area contributed by atoms with Crippen LogP contribution in [0.25, 0.3) is 22.2 Å². The van der Waals surface area contributed by atoms with Gasteiger partial charge in [-0.1, -0.05) is 18.2 Å². The second-order valence-corrected chi connectivity index (χ2v) is 8.53. The van der Waals surface area contributed by atoms with E-state index in [0.717, 1.165) is 55.1 Å². The fourth-order valence-corrected chi connectivity index (χ4v) is 4.70. The van der Waals surface area contributed by atoms with Gasteiger partial charge in [0.1, 0.15) is 0 Å². The Morgan fingerprint density at radius 3 is 2.97 bits per heavy atom. The number of amides is 1. The second-order valence-electron chi connectivity index (χ2n) is 8.53. The number of carbonyl (C=O) groups is 1. The summed E-state index contributed by atoms with van der Waals surface area (Å²) in [5.41, 5.74) is 6.21. The summed E-state index contributed by atoms with van der Waals surface area (Å²) in [6, 6.07) is 16.6. The van der Waals surface area contributed by atoms with E-state index in [1.807, 2.05) is 30.5 Å². The number of carbonyl (C=O) groups excluding carboxylic acids is 1. The number of benzene rings is 2. The minimum atomic E-state index is -0.0812. The van der Waals surface area contributed by atoms with E-state index in [1.165, 1.54) is 23.4 Å². The number of hydrogen-bond donors (Lipinski definition) is 2. The predicted octanol–water partition coefficient (Wildman–Crippen LogP) is 4.96. The van der Waals surface area contributed by atoms with E-state index in [9.17, 15) is 4.79 Å². The highest BCUT2D eigenvalue weighted by atomic mass is 16.1. The van der Waals surface area contributed by atoms with Crippen molar-refractivity contribution in [3.05, 3.63) is 78.4 Å². The van der Waals surface area contributed by atoms with Gasteiger partial charge in [0.2, 0.25) is 5.91 Å². The van der Waals surface area contributed by atoms with Crippen LogP contribution in [0.4, 0.5) is 5.69 Å². The maximum atomic E-state index is 11.5. The van der Waals surface area contributed by atoms with Crippen molar-refractivity contribution in [2.75, 3.05) is 18.4 Å². The second kappa shape index (κ2) is 8.93. The van der Waals surface area contributed by atoms with Gasteiger partial charge in [0.05, 0.1) is 11.4 Å². The Morgan fingerprint density at radius 1 is 1.16 bits per heavy atom. The molecule has 162 valence electrons. The molecule has 0 saturated carbocycles. The third kappa shape index (κ3) is 4.41. The molecular formula is C26H27N5O. The summed E-state index contributed by atoms with van der Waals surface area (Å²) in [5, 5.41) is 4.12. The summed E-state index contributed by atoms with van der Waals surface area (Å²) in [4.78, 5) is 26.7. The molecule has 1 aliphatic heterocycles. The molecule has 3 heterocycles. The Morgan fingerprint density at radius 2 is 2.06 bits per heavy atom. The topological polar surface area (TPSA) is 73.9 Å². The standard InChI is InChI=1S/C26H27N5O/c1-18(32)30-23-6-2-4-21(15-23)25-26(29-12-11-28-25)22-5-3-13-31(17-22)16-19-7-8-24-20(14-19)9-10-27-24/h2,4,6-12,14-15,22,27H,3,5,13,16-17H2,1H3,(H,30,32). The molecule has 0 aliphatic carbocycles. The molecule has 2 N–H and O–H groups in total. The number of nitrogens with zero attached hydrogens (tertiary/aromatic N) is 3. The molecule has 32 heavy (non-hydrogen) atoms. The van der Waals surface area contributed by atoms with Crippen molar-refractivity contribution in [1.29, 1.82) is 0 Å². The SMILES string of the molecule is CC(=O)Nc1cccc(-c2nccnc2C2CCCN(Cc3ccc4[nH]ccc4c3)C2)c1. The average molecular weight is 426 g/mol. The highest BCUT2D eigenvalue weighted by Gasteiger charge is 2.25. The fourth-order valence-electron chi connectivity index (χ4n) is 4.70. The van der Waals surface area contributed by atoms with E-state index in [1.54, 1.807) is 12.4 Å². The molecule has 1 atom stereocenters. The van der Waals surface area contributed by atoms with Crippen LogP contribution in [-0.2, 0) is 11.3 Å². The zero-order chi connectivity index (χ0) is 21.9. The van der Waals surface area contributed by atoms with Crippen LogP contribution in [0.1, 0.15) is 36.9 Å². The van der Waals surface area contributed by atoms with Crippen molar-refractivity contribution < 1.29 is 4.79 Å². The van der Waals surface area contributed by atoms with Crippen LogP contribution in [-0.4, -0.2) is 38.8 Å². The van der Waals surface area contributed by atoms with Gasteiger partial charge < -0.3 is 10.3 Å². The Hall–Kier alpha value is -3.51. The molecule has 0 bridgehead atoms. The first-order valence-electron chi connectivity index (χ1n) is 11.1. The number of anilines is 1. The molecule has 1 amide bonds. The number of H-pyrrole nitrogens is 1. The largest absolute Gasteiger partial charge is 0.361 e. The average Bonchev–Trinajstić information content (AvgIpc) is 3.27. The number of nitrogens with one attached hydrogen (secondary N) is 2. The van der Waals surface area contributed by atoms with Crippen LogP contribution < -0.4 is 5.32 Å². The summed E-state index contributed by atoms with van der Waals surface area (Å²) in [6.45, 7) is 4.51. The molecule has 0 radical (unpaired) electrons. The highest BCUT2D eigenvalue weighted by Crippen LogP contribution is 2.33. The summed E-state index contributed by atoms with van der Waals surface area (Å²) in [5.74, 6) is 0.245. The van der Waals surface area contributed by atoms with Gasteiger partial charge in [0.25, 0.3) is 0 Å². The number of piperidine rings is 1. The maximum Gasteiger partial charge on any atom is 0.221 e. The molecule has 2 aromatic heterocycles. The summed E-state index contributed by atoms with van der Waals surface area (Å²) < 4.78 is 0. The van der Waals surface area contributed by atoms with Crippen molar-refractivity contribution in [2.24, 2.45) is 0 Å². The monoisotopic (exact) mass is 425 g/mol. The van der Waals surface area contributed by atoms with E-state index in [-0.39, 0.29) is 5.91 Å². The first-order chi connectivity index (χ1) is 15.7. The maximum absolute atomic E-state index is 11.5. The van der Waals surface area contributed by atoms with Gasteiger partial charge in [-0.25, -0.2) is 0 Å². The molecule has 1 saturated heterocycles. The zero-order valence-corrected chi connectivity index (χ0v) is 18.2. The normalized spacial score (nSPS) is 16.8. The van der Waals surface area contributed by atoms with Crippen LogP contribution in [0.15, 0.2) is 67.1 Å². The van der Waals surface area contributed by atoms with Crippen molar-refractivity contribution in [3.8, 4) is 11.3 Å². The third-order valence-electron chi connectivity index (χ3n) is 6.10. The van der Waals surface area contributed by atoms with Crippen LogP contribution >= 0.6 is 0 Å². The third-order valence-corrected chi connectivity index (χ3v) is 6.10. The molecule has 1 aliphatic rings. The smallest absolute Gasteiger partial charge is 0.221 e. The van der Waals surface area contributed by atoms with Crippen molar-refractivity contribution in [3.63, 3.8) is 0 Å². The summed E-state index contributed by atoms with van der Waals surface area (Å²) in [7, 11) is 0. The van der Waals surface area contributed by atoms with Crippen LogP contribution in [0.5, 0.6) is 0 Å². The molecule has 4 aromatic rings. The van der Waals surface area contributed by atoms with E-state index in [2.05, 4.69) is 44.5 Å². The van der Waals surface area contributed by atoms with Gasteiger partial charge in [-0.2, -0.15) is 0 Å². The first-order valence-corrected chi connectivity index (χ1v) is 11.1. The zero-order valence-electron chi connectivity index (χ0n) is 18.2. The highest BCUT2D eigenvalue weighted by molar-refractivity contribution is 5.89. The van der Waals surface area contributed by atoms with E-state index >= 15 is 0 Å². The Kier molecular flexibility index (Phi) is 5.69. The fraction of sp³-hybridized carbons (Fsp3) is 0.269. The van der Waals surface area contributed by atoms with Gasteiger partial charge in [-0.05, 0) is 60.7 Å². The molecular weight excluding hydrogens is 398 g/mol. The van der Waals surface area contributed by atoms with Gasteiger partial charge in [0.15, 0.2) is 0 Å². The lowest BCUT2D eigenvalue weighted by Gasteiger charge is -2.33. The number of aromatic nitrogens is 3. The Bertz CT molecular complexity index is 1250. The minimum absolute atomic E-state index is 0.0812. The Labute approximate surface area is 187 Å². The number of fused-ring (bicyclic) bond motifs is 1. The van der Waals surface area contributed by atoms with E-state index in [0.29, 0.717) is 5.92 Å². The molecule has 1 fully saturated rings. The van der Waals surface area contributed by atoms with E-state index in [4.69, 9.17) is 4.98 Å². The number of hydrogen-bond acceptors (Lipinski definition) is 4.